The first-order chi connectivity index (χ1) is 8.56. The van der Waals surface area contributed by atoms with Gasteiger partial charge >= 0.3 is 0 Å². The van der Waals surface area contributed by atoms with Crippen LogP contribution >= 0.6 is 43.2 Å². The molecule has 1 amide bonds. The summed E-state index contributed by atoms with van der Waals surface area (Å²) in [5.74, 6) is -0.0826. The van der Waals surface area contributed by atoms with Crippen LogP contribution in [0, 0.1) is 0 Å². The van der Waals surface area contributed by atoms with Crippen LogP contribution in [-0.4, -0.2) is 22.8 Å². The molecule has 2 aromatic rings. The van der Waals surface area contributed by atoms with Gasteiger partial charge in [-0.25, -0.2) is 4.98 Å². The molecule has 0 aliphatic rings. The van der Waals surface area contributed by atoms with Crippen molar-refractivity contribution in [2.24, 2.45) is 0 Å². The zero-order valence-electron chi connectivity index (χ0n) is 9.56. The molecule has 0 aliphatic heterocycles. The molecule has 0 saturated heterocycles. The van der Waals surface area contributed by atoms with Crippen molar-refractivity contribution in [3.63, 3.8) is 0 Å². The Kier molecular flexibility index (Phi) is 4.53. The highest BCUT2D eigenvalue weighted by atomic mass is 79.9. The number of carbonyl (C=O) groups is 1. The van der Waals surface area contributed by atoms with Crippen LogP contribution in [0.3, 0.4) is 0 Å². The Morgan fingerprint density at radius 3 is 2.83 bits per heavy atom. The summed E-state index contributed by atoms with van der Waals surface area (Å²) >= 11 is 8.29. The highest BCUT2D eigenvalue weighted by molar-refractivity contribution is 9.10. The molecule has 18 heavy (non-hydrogen) atoms. The Morgan fingerprint density at radius 1 is 1.44 bits per heavy atom. The average molecular weight is 390 g/mol. The number of hydrogen-bond donors (Lipinski definition) is 0. The number of aromatic nitrogens is 1. The predicted octanol–water partition coefficient (Wildman–Crippen LogP) is 3.94. The van der Waals surface area contributed by atoms with Crippen molar-refractivity contribution in [2.45, 2.75) is 6.54 Å². The third-order valence-corrected chi connectivity index (χ3v) is 4.42. The molecule has 0 aromatic carbocycles. The van der Waals surface area contributed by atoms with Gasteiger partial charge in [0.1, 0.15) is 10.3 Å². The standard InChI is InChI=1S/C12H10Br2N2OS/c1-16(6-9-5-8(13)7-18-9)12(17)10-3-2-4-11(14)15-10/h2-5,7H,6H2,1H3. The van der Waals surface area contributed by atoms with E-state index < -0.39 is 0 Å². The molecule has 0 bridgehead atoms. The third kappa shape index (κ3) is 3.40. The molecule has 0 atom stereocenters. The van der Waals surface area contributed by atoms with Crippen molar-refractivity contribution in [3.8, 4) is 0 Å². The zero-order chi connectivity index (χ0) is 13.1. The van der Waals surface area contributed by atoms with E-state index in [1.54, 1.807) is 41.5 Å². The van der Waals surface area contributed by atoms with Gasteiger partial charge in [0.15, 0.2) is 0 Å². The lowest BCUT2D eigenvalue weighted by molar-refractivity contribution is 0.0780. The molecule has 0 aliphatic carbocycles. The highest BCUT2D eigenvalue weighted by Crippen LogP contribution is 2.21. The van der Waals surface area contributed by atoms with Gasteiger partial charge in [0.2, 0.25) is 0 Å². The number of carbonyl (C=O) groups excluding carboxylic acids is 1. The van der Waals surface area contributed by atoms with Crippen molar-refractivity contribution < 1.29 is 4.79 Å². The van der Waals surface area contributed by atoms with Crippen LogP contribution in [0.25, 0.3) is 0 Å². The van der Waals surface area contributed by atoms with Gasteiger partial charge in [0, 0.05) is 21.8 Å². The van der Waals surface area contributed by atoms with E-state index in [4.69, 9.17) is 0 Å². The van der Waals surface area contributed by atoms with Crippen molar-refractivity contribution in [2.75, 3.05) is 7.05 Å². The molecule has 0 spiro atoms. The SMILES string of the molecule is CN(Cc1cc(Br)cs1)C(=O)c1cccc(Br)n1. The van der Waals surface area contributed by atoms with Gasteiger partial charge < -0.3 is 4.90 Å². The number of amides is 1. The molecule has 0 unspecified atom stereocenters. The number of hydrogen-bond acceptors (Lipinski definition) is 3. The summed E-state index contributed by atoms with van der Waals surface area (Å²) in [5, 5.41) is 2.00. The fraction of sp³-hybridized carbons (Fsp3) is 0.167. The fourth-order valence-corrected chi connectivity index (χ4v) is 3.31. The van der Waals surface area contributed by atoms with E-state index >= 15 is 0 Å². The first-order valence-corrected chi connectivity index (χ1v) is 7.64. The monoisotopic (exact) mass is 388 g/mol. The summed E-state index contributed by atoms with van der Waals surface area (Å²) in [6.45, 7) is 0.587. The molecule has 2 heterocycles. The molecular formula is C12H10Br2N2OS. The summed E-state index contributed by atoms with van der Waals surface area (Å²) in [7, 11) is 1.78. The maximum Gasteiger partial charge on any atom is 0.272 e. The highest BCUT2D eigenvalue weighted by Gasteiger charge is 2.14. The summed E-state index contributed by atoms with van der Waals surface area (Å²) in [6.07, 6.45) is 0. The van der Waals surface area contributed by atoms with Crippen LogP contribution < -0.4 is 0 Å². The molecule has 0 N–H and O–H groups in total. The minimum Gasteiger partial charge on any atom is -0.335 e. The van der Waals surface area contributed by atoms with Crippen molar-refractivity contribution >= 4 is 49.1 Å². The number of halogens is 2. The maximum absolute atomic E-state index is 12.1. The minimum absolute atomic E-state index is 0.0826. The fourth-order valence-electron chi connectivity index (χ4n) is 1.47. The van der Waals surface area contributed by atoms with Crippen molar-refractivity contribution in [3.05, 3.63) is 49.3 Å². The van der Waals surface area contributed by atoms with E-state index in [1.807, 2.05) is 11.4 Å². The first-order valence-electron chi connectivity index (χ1n) is 5.17. The molecule has 0 fully saturated rings. The van der Waals surface area contributed by atoms with Gasteiger partial charge in [0.25, 0.3) is 5.91 Å². The lowest BCUT2D eigenvalue weighted by Crippen LogP contribution is -2.26. The van der Waals surface area contributed by atoms with Gasteiger partial charge in [-0.2, -0.15) is 0 Å². The van der Waals surface area contributed by atoms with Gasteiger partial charge in [-0.1, -0.05) is 6.07 Å². The molecule has 2 rings (SSSR count). The Bertz CT molecular complexity index is 571. The molecule has 2 aromatic heterocycles. The molecule has 3 nitrogen and oxygen atoms in total. The quantitative estimate of drug-likeness (QED) is 0.745. The zero-order valence-corrected chi connectivity index (χ0v) is 13.5. The third-order valence-electron chi connectivity index (χ3n) is 2.30. The Morgan fingerprint density at radius 2 is 2.22 bits per heavy atom. The molecule has 0 saturated carbocycles. The second-order valence-electron chi connectivity index (χ2n) is 3.74. The summed E-state index contributed by atoms with van der Waals surface area (Å²) in [4.78, 5) is 19.1. The molecule has 94 valence electrons. The topological polar surface area (TPSA) is 33.2 Å². The number of pyridine rings is 1. The lowest BCUT2D eigenvalue weighted by atomic mass is 10.3. The Labute approximate surface area is 126 Å². The summed E-state index contributed by atoms with van der Waals surface area (Å²) < 4.78 is 1.71. The van der Waals surface area contributed by atoms with Gasteiger partial charge in [-0.05, 0) is 50.1 Å². The van der Waals surface area contributed by atoms with Crippen LogP contribution in [-0.2, 0) is 6.54 Å². The van der Waals surface area contributed by atoms with Gasteiger partial charge in [0.05, 0.1) is 6.54 Å². The van der Waals surface area contributed by atoms with Crippen LogP contribution in [0.2, 0.25) is 0 Å². The van der Waals surface area contributed by atoms with Gasteiger partial charge in [-0.15, -0.1) is 11.3 Å². The van der Waals surface area contributed by atoms with Crippen LogP contribution in [0.5, 0.6) is 0 Å². The van der Waals surface area contributed by atoms with Crippen LogP contribution in [0.15, 0.2) is 38.7 Å². The largest absolute Gasteiger partial charge is 0.335 e. The number of nitrogens with zero attached hydrogens (tertiary/aromatic N) is 2. The average Bonchev–Trinajstić information content (AvgIpc) is 2.73. The maximum atomic E-state index is 12.1. The van der Waals surface area contributed by atoms with E-state index in [0.29, 0.717) is 16.8 Å². The van der Waals surface area contributed by atoms with E-state index in [2.05, 4.69) is 36.8 Å². The number of rotatable bonds is 3. The molecule has 0 radical (unpaired) electrons. The first kappa shape index (κ1) is 13.7. The Hall–Kier alpha value is -0.720. The second kappa shape index (κ2) is 5.95. The van der Waals surface area contributed by atoms with Crippen molar-refractivity contribution in [1.29, 1.82) is 0 Å². The van der Waals surface area contributed by atoms with Crippen LogP contribution in [0.1, 0.15) is 15.4 Å². The van der Waals surface area contributed by atoms with Gasteiger partial charge in [-0.3, -0.25) is 4.79 Å². The second-order valence-corrected chi connectivity index (χ2v) is 6.46. The molecule has 6 heteroatoms. The van der Waals surface area contributed by atoms with E-state index in [9.17, 15) is 4.79 Å². The van der Waals surface area contributed by atoms with E-state index in [-0.39, 0.29) is 5.91 Å². The van der Waals surface area contributed by atoms with E-state index in [1.165, 1.54) is 0 Å². The van der Waals surface area contributed by atoms with E-state index in [0.717, 1.165) is 9.35 Å². The predicted molar refractivity (Wildman–Crippen MR) is 79.8 cm³/mol. The number of thiophene rings is 1. The summed E-state index contributed by atoms with van der Waals surface area (Å²) in [5.41, 5.74) is 0.447. The summed E-state index contributed by atoms with van der Waals surface area (Å²) in [6, 6.07) is 7.34. The smallest absolute Gasteiger partial charge is 0.272 e. The normalized spacial score (nSPS) is 10.4. The van der Waals surface area contributed by atoms with Crippen LogP contribution in [0.4, 0.5) is 0 Å². The Balaban J connectivity index is 2.09. The van der Waals surface area contributed by atoms with Crippen molar-refractivity contribution in [1.82, 2.24) is 9.88 Å². The lowest BCUT2D eigenvalue weighted by Gasteiger charge is -2.15. The minimum atomic E-state index is -0.0826. The molecular weight excluding hydrogens is 380 g/mol.